The topological polar surface area (TPSA) is 51.0 Å². The van der Waals surface area contributed by atoms with E-state index in [4.69, 9.17) is 0 Å². The Hall–Kier alpha value is -2.21. The first-order valence-corrected chi connectivity index (χ1v) is 7.40. The van der Waals surface area contributed by atoms with Crippen LogP contribution in [0, 0.1) is 13.8 Å². The zero-order chi connectivity index (χ0) is 15.1. The van der Waals surface area contributed by atoms with E-state index in [0.717, 1.165) is 16.9 Å². The van der Waals surface area contributed by atoms with Gasteiger partial charge >= 0.3 is 0 Å². The summed E-state index contributed by atoms with van der Waals surface area (Å²) in [5.41, 5.74) is 2.56. The number of aryl methyl sites for hydroxylation is 2. The van der Waals surface area contributed by atoms with Gasteiger partial charge in [0.05, 0.1) is 11.4 Å². The Kier molecular flexibility index (Phi) is 3.25. The van der Waals surface area contributed by atoms with Crippen molar-refractivity contribution in [3.05, 3.63) is 45.9 Å². The van der Waals surface area contributed by atoms with Crippen LogP contribution in [0.3, 0.4) is 0 Å². The summed E-state index contributed by atoms with van der Waals surface area (Å²) in [6.45, 7) is 3.84. The summed E-state index contributed by atoms with van der Waals surface area (Å²) in [6, 6.07) is 7.82. The number of anilines is 1. The van der Waals surface area contributed by atoms with Crippen molar-refractivity contribution in [2.75, 3.05) is 19.0 Å². The van der Waals surface area contributed by atoms with Crippen LogP contribution in [0.15, 0.2) is 29.1 Å². The molecule has 2 aromatic heterocycles. The molecule has 0 saturated carbocycles. The van der Waals surface area contributed by atoms with Gasteiger partial charge in [-0.2, -0.15) is 4.37 Å². The second-order valence-electron chi connectivity index (χ2n) is 5.18. The number of fused-ring (bicyclic) bond motifs is 1. The van der Waals surface area contributed by atoms with Gasteiger partial charge < -0.3 is 4.90 Å². The first-order valence-electron chi connectivity index (χ1n) is 6.63. The van der Waals surface area contributed by atoms with Crippen LogP contribution in [0.1, 0.15) is 11.3 Å². The Bertz CT molecular complexity index is 879. The molecular formula is C15H16N4OS. The Balaban J connectivity index is 2.48. The van der Waals surface area contributed by atoms with E-state index < -0.39 is 0 Å². The van der Waals surface area contributed by atoms with Crippen LogP contribution >= 0.6 is 11.5 Å². The smallest absolute Gasteiger partial charge is 0.270 e. The molecule has 0 aliphatic carbocycles. The van der Waals surface area contributed by atoms with Gasteiger partial charge in [0, 0.05) is 14.1 Å². The first-order chi connectivity index (χ1) is 10.0. The highest BCUT2D eigenvalue weighted by Gasteiger charge is 2.18. The second-order valence-corrected chi connectivity index (χ2v) is 5.93. The third-order valence-electron chi connectivity index (χ3n) is 3.42. The van der Waals surface area contributed by atoms with Crippen LogP contribution in [-0.4, -0.2) is 28.0 Å². The van der Waals surface area contributed by atoms with Crippen LogP contribution in [0.25, 0.3) is 15.9 Å². The number of benzene rings is 1. The van der Waals surface area contributed by atoms with Crippen molar-refractivity contribution < 1.29 is 0 Å². The quantitative estimate of drug-likeness (QED) is 0.730. The summed E-state index contributed by atoms with van der Waals surface area (Å²) in [5.74, 6) is 0.616. The third-order valence-corrected chi connectivity index (χ3v) is 4.25. The Morgan fingerprint density at radius 2 is 1.90 bits per heavy atom. The van der Waals surface area contributed by atoms with Gasteiger partial charge in [-0.25, -0.2) is 9.55 Å². The number of hydrogen-bond donors (Lipinski definition) is 0. The maximum absolute atomic E-state index is 13.0. The fourth-order valence-corrected chi connectivity index (χ4v) is 3.12. The van der Waals surface area contributed by atoms with Crippen molar-refractivity contribution in [3.63, 3.8) is 0 Å². The van der Waals surface area contributed by atoms with Crippen LogP contribution in [-0.2, 0) is 0 Å². The lowest BCUT2D eigenvalue weighted by molar-refractivity contribution is 0.892. The lowest BCUT2D eigenvalue weighted by Crippen LogP contribution is -2.27. The fraction of sp³-hybridized carbons (Fsp3) is 0.267. The zero-order valence-corrected chi connectivity index (χ0v) is 13.2. The summed E-state index contributed by atoms with van der Waals surface area (Å²) in [4.78, 5) is 20.1. The molecule has 0 atom stereocenters. The predicted molar refractivity (Wildman–Crippen MR) is 86.8 cm³/mol. The summed E-state index contributed by atoms with van der Waals surface area (Å²) in [6.07, 6.45) is 0. The minimum atomic E-state index is -0.0655. The molecule has 0 aliphatic rings. The Morgan fingerprint density at radius 1 is 1.19 bits per heavy atom. The molecule has 0 spiro atoms. The van der Waals surface area contributed by atoms with Gasteiger partial charge in [0.1, 0.15) is 5.39 Å². The Morgan fingerprint density at radius 3 is 2.57 bits per heavy atom. The highest BCUT2D eigenvalue weighted by atomic mass is 32.1. The molecule has 0 unspecified atom stereocenters. The average Bonchev–Trinajstić information content (AvgIpc) is 2.81. The van der Waals surface area contributed by atoms with Crippen molar-refractivity contribution in [2.24, 2.45) is 0 Å². The lowest BCUT2D eigenvalue weighted by atomic mass is 10.2. The summed E-state index contributed by atoms with van der Waals surface area (Å²) in [5, 5.41) is 0.605. The van der Waals surface area contributed by atoms with E-state index in [9.17, 15) is 4.79 Å². The van der Waals surface area contributed by atoms with Crippen molar-refractivity contribution in [1.82, 2.24) is 13.9 Å². The van der Waals surface area contributed by atoms with Crippen molar-refractivity contribution in [2.45, 2.75) is 13.8 Å². The largest absolute Gasteiger partial charge is 0.348 e. The summed E-state index contributed by atoms with van der Waals surface area (Å²) in [7, 11) is 3.77. The molecular weight excluding hydrogens is 284 g/mol. The molecule has 0 saturated heterocycles. The van der Waals surface area contributed by atoms with Gasteiger partial charge in [-0.05, 0) is 37.0 Å². The van der Waals surface area contributed by atoms with Crippen molar-refractivity contribution in [1.29, 1.82) is 0 Å². The molecule has 6 heteroatoms. The highest BCUT2D eigenvalue weighted by molar-refractivity contribution is 7.12. The van der Waals surface area contributed by atoms with E-state index in [-0.39, 0.29) is 5.56 Å². The molecule has 1 aromatic carbocycles. The molecule has 3 rings (SSSR count). The van der Waals surface area contributed by atoms with Gasteiger partial charge in [-0.15, -0.1) is 0 Å². The number of nitrogens with zero attached hydrogens (tertiary/aromatic N) is 4. The maximum Gasteiger partial charge on any atom is 0.270 e. The standard InChI is InChI=1S/C15H16N4OS/c1-9-7-5-6-8-11(9)19-14(20)12-10(2)17-21-13(12)16-15(19)18(3)4/h5-8H,1-4H3. The highest BCUT2D eigenvalue weighted by Crippen LogP contribution is 2.23. The van der Waals surface area contributed by atoms with Gasteiger partial charge in [-0.3, -0.25) is 4.79 Å². The number of hydrogen-bond acceptors (Lipinski definition) is 5. The number of rotatable bonds is 2. The molecule has 3 aromatic rings. The van der Waals surface area contributed by atoms with Crippen LogP contribution in [0.5, 0.6) is 0 Å². The zero-order valence-electron chi connectivity index (χ0n) is 12.4. The van der Waals surface area contributed by atoms with Crippen molar-refractivity contribution >= 4 is 27.7 Å². The summed E-state index contributed by atoms with van der Waals surface area (Å²) < 4.78 is 5.93. The molecule has 0 radical (unpaired) electrons. The molecule has 0 bridgehead atoms. The van der Waals surface area contributed by atoms with Gasteiger partial charge in [0.15, 0.2) is 4.83 Å². The molecule has 21 heavy (non-hydrogen) atoms. The van der Waals surface area contributed by atoms with E-state index in [1.54, 1.807) is 4.57 Å². The molecule has 0 aliphatic heterocycles. The van der Waals surface area contributed by atoms with Gasteiger partial charge in [0.25, 0.3) is 5.56 Å². The second kappa shape index (κ2) is 4.96. The SMILES string of the molecule is Cc1ccccc1-n1c(N(C)C)nc2snc(C)c2c1=O. The first kappa shape index (κ1) is 13.8. The summed E-state index contributed by atoms with van der Waals surface area (Å²) >= 11 is 1.27. The fourth-order valence-electron chi connectivity index (χ4n) is 2.36. The third kappa shape index (κ3) is 2.12. The van der Waals surface area contributed by atoms with Crippen LogP contribution in [0.2, 0.25) is 0 Å². The molecule has 2 heterocycles. The Labute approximate surface area is 126 Å². The maximum atomic E-state index is 13.0. The minimum Gasteiger partial charge on any atom is -0.348 e. The van der Waals surface area contributed by atoms with Crippen LogP contribution < -0.4 is 10.5 Å². The van der Waals surface area contributed by atoms with E-state index >= 15 is 0 Å². The molecule has 5 nitrogen and oxygen atoms in total. The molecule has 0 fully saturated rings. The van der Waals surface area contributed by atoms with Crippen molar-refractivity contribution in [3.8, 4) is 5.69 Å². The molecule has 0 N–H and O–H groups in total. The van der Waals surface area contributed by atoms with E-state index in [1.165, 1.54) is 11.5 Å². The van der Waals surface area contributed by atoms with Crippen LogP contribution in [0.4, 0.5) is 5.95 Å². The number of aromatic nitrogens is 3. The molecule has 0 amide bonds. The van der Waals surface area contributed by atoms with E-state index in [0.29, 0.717) is 16.2 Å². The minimum absolute atomic E-state index is 0.0655. The average molecular weight is 300 g/mol. The van der Waals surface area contributed by atoms with E-state index in [1.807, 2.05) is 57.1 Å². The monoisotopic (exact) mass is 300 g/mol. The van der Waals surface area contributed by atoms with Gasteiger partial charge in [0.2, 0.25) is 5.95 Å². The molecule has 108 valence electrons. The normalized spacial score (nSPS) is 11.0. The predicted octanol–water partition coefficient (Wildman–Crippen LogP) is 2.53. The van der Waals surface area contributed by atoms with Gasteiger partial charge in [-0.1, -0.05) is 18.2 Å². The number of para-hydroxylation sites is 1. The van der Waals surface area contributed by atoms with E-state index in [2.05, 4.69) is 9.36 Å². The lowest BCUT2D eigenvalue weighted by Gasteiger charge is -2.19.